The molecule has 6 heteroatoms. The third-order valence-electron chi connectivity index (χ3n) is 6.11. The zero-order valence-corrected chi connectivity index (χ0v) is 19.1. The number of methoxy groups -OCH3 is 1. The van der Waals surface area contributed by atoms with Gasteiger partial charge in [-0.3, -0.25) is 14.6 Å². The number of esters is 1. The molecule has 2 aromatic carbocycles. The Morgan fingerprint density at radius 2 is 1.79 bits per heavy atom. The number of aliphatic imine (C=N–C) groups is 1. The highest BCUT2D eigenvalue weighted by Gasteiger charge is 2.44. The van der Waals surface area contributed by atoms with Crippen LogP contribution in [0.3, 0.4) is 0 Å². The number of carbonyl (C=O) groups excluding carboxylic acids is 2. The second kappa shape index (κ2) is 10.6. The molecule has 1 aliphatic heterocycles. The van der Waals surface area contributed by atoms with Crippen LogP contribution < -0.4 is 4.74 Å². The van der Waals surface area contributed by atoms with E-state index < -0.39 is 17.8 Å². The summed E-state index contributed by atoms with van der Waals surface area (Å²) in [7, 11) is 1.56. The van der Waals surface area contributed by atoms with E-state index in [4.69, 9.17) is 14.2 Å². The van der Waals surface area contributed by atoms with Gasteiger partial charge in [-0.15, -0.1) is 0 Å². The quantitative estimate of drug-likeness (QED) is 0.435. The zero-order valence-electron chi connectivity index (χ0n) is 19.1. The number of Topliss-reactive ketones (excluding diaryl/α,β-unsaturated/α-hetero) is 1. The van der Waals surface area contributed by atoms with Crippen molar-refractivity contribution in [3.63, 3.8) is 0 Å². The Morgan fingerprint density at radius 3 is 2.58 bits per heavy atom. The highest BCUT2D eigenvalue weighted by Crippen LogP contribution is 2.46. The molecule has 0 radical (unpaired) electrons. The predicted octanol–water partition coefficient (Wildman–Crippen LogP) is 4.64. The third-order valence-corrected chi connectivity index (χ3v) is 6.11. The Labute approximate surface area is 194 Å². The van der Waals surface area contributed by atoms with Crippen molar-refractivity contribution in [1.82, 2.24) is 0 Å². The number of hydrogen-bond acceptors (Lipinski definition) is 6. The van der Waals surface area contributed by atoms with Crippen molar-refractivity contribution in [2.45, 2.75) is 38.7 Å². The van der Waals surface area contributed by atoms with Crippen LogP contribution in [0.15, 0.2) is 70.9 Å². The lowest BCUT2D eigenvalue weighted by Gasteiger charge is -2.35. The lowest BCUT2D eigenvalue weighted by atomic mass is 9.71. The van der Waals surface area contributed by atoms with Crippen LogP contribution in [-0.4, -0.2) is 37.8 Å². The van der Waals surface area contributed by atoms with Crippen LogP contribution >= 0.6 is 0 Å². The standard InChI is InChI=1S/C27H29NO5/c1-18-24(27(30)32-16-15-31-2)25(26-21(28-18)12-8-13-22(26)29)20-11-6-7-14-23(20)33-17-19-9-4-3-5-10-19/h3-7,9-11,14,24-25H,8,12-13,15-17H2,1-2H3/t24?,25-/m0/s1. The van der Waals surface area contributed by atoms with Crippen molar-refractivity contribution in [1.29, 1.82) is 0 Å². The first-order valence-electron chi connectivity index (χ1n) is 11.3. The van der Waals surface area contributed by atoms with E-state index in [2.05, 4.69) is 4.99 Å². The molecule has 1 aliphatic carbocycles. The molecule has 0 bridgehead atoms. The molecule has 33 heavy (non-hydrogen) atoms. The minimum atomic E-state index is -0.691. The van der Waals surface area contributed by atoms with E-state index in [1.165, 1.54) is 0 Å². The molecular formula is C27H29NO5. The largest absolute Gasteiger partial charge is 0.489 e. The van der Waals surface area contributed by atoms with E-state index in [-0.39, 0.29) is 12.4 Å². The molecule has 0 saturated heterocycles. The van der Waals surface area contributed by atoms with Gasteiger partial charge in [-0.05, 0) is 31.4 Å². The summed E-state index contributed by atoms with van der Waals surface area (Å²) in [6, 6.07) is 17.5. The van der Waals surface area contributed by atoms with Crippen LogP contribution in [0.1, 0.15) is 43.2 Å². The number of benzene rings is 2. The first kappa shape index (κ1) is 22.9. The number of ketones is 1. The summed E-state index contributed by atoms with van der Waals surface area (Å²) in [6.07, 6.45) is 1.96. The second-order valence-electron chi connectivity index (χ2n) is 8.32. The molecule has 1 unspecified atom stereocenters. The Hall–Kier alpha value is -3.25. The zero-order chi connectivity index (χ0) is 23.2. The number of carbonyl (C=O) groups is 2. The Morgan fingerprint density at radius 1 is 1.03 bits per heavy atom. The molecule has 0 saturated carbocycles. The van der Waals surface area contributed by atoms with Gasteiger partial charge in [0.05, 0.1) is 6.61 Å². The second-order valence-corrected chi connectivity index (χ2v) is 8.32. The minimum Gasteiger partial charge on any atom is -0.489 e. The fraction of sp³-hybridized carbons (Fsp3) is 0.370. The van der Waals surface area contributed by atoms with E-state index in [0.717, 1.165) is 29.7 Å². The average molecular weight is 448 g/mol. The predicted molar refractivity (Wildman–Crippen MR) is 125 cm³/mol. The first-order chi connectivity index (χ1) is 16.1. The smallest absolute Gasteiger partial charge is 0.315 e. The highest BCUT2D eigenvalue weighted by atomic mass is 16.6. The molecule has 2 aromatic rings. The number of hydrogen-bond donors (Lipinski definition) is 0. The maximum Gasteiger partial charge on any atom is 0.315 e. The van der Waals surface area contributed by atoms with Crippen LogP contribution in [0.4, 0.5) is 0 Å². The van der Waals surface area contributed by atoms with Crippen LogP contribution in [0.5, 0.6) is 5.75 Å². The van der Waals surface area contributed by atoms with Gasteiger partial charge >= 0.3 is 5.97 Å². The molecule has 0 N–H and O–H groups in total. The van der Waals surface area contributed by atoms with Crippen LogP contribution in [0, 0.1) is 5.92 Å². The molecule has 0 aromatic heterocycles. The minimum absolute atomic E-state index is 0.0463. The normalized spacial score (nSPS) is 20.2. The summed E-state index contributed by atoms with van der Waals surface area (Å²) >= 11 is 0. The SMILES string of the molecule is COCCOC(=O)C1C(C)=NC2=C(C(=O)CCC2)[C@H]1c1ccccc1OCc1ccccc1. The molecule has 0 fully saturated rings. The third kappa shape index (κ3) is 5.06. The van der Waals surface area contributed by atoms with E-state index in [1.807, 2.05) is 61.5 Å². The van der Waals surface area contributed by atoms with Crippen molar-refractivity contribution in [2.24, 2.45) is 10.9 Å². The summed E-state index contributed by atoms with van der Waals surface area (Å²) in [6.45, 7) is 2.69. The van der Waals surface area contributed by atoms with Crippen molar-refractivity contribution in [3.8, 4) is 5.75 Å². The highest BCUT2D eigenvalue weighted by molar-refractivity contribution is 6.09. The summed E-state index contributed by atoms with van der Waals surface area (Å²) in [5, 5.41) is 0. The average Bonchev–Trinajstić information content (AvgIpc) is 2.83. The molecule has 2 aliphatic rings. The van der Waals surface area contributed by atoms with Gasteiger partial charge in [0.25, 0.3) is 0 Å². The van der Waals surface area contributed by atoms with E-state index in [1.54, 1.807) is 7.11 Å². The molecular weight excluding hydrogens is 418 g/mol. The van der Waals surface area contributed by atoms with E-state index >= 15 is 0 Å². The van der Waals surface area contributed by atoms with Gasteiger partial charge in [0.2, 0.25) is 0 Å². The van der Waals surface area contributed by atoms with Crippen LogP contribution in [0.2, 0.25) is 0 Å². The lowest BCUT2D eigenvalue weighted by molar-refractivity contribution is -0.147. The number of para-hydroxylation sites is 1. The molecule has 0 amide bonds. The van der Waals surface area contributed by atoms with Crippen molar-refractivity contribution < 1.29 is 23.8 Å². The van der Waals surface area contributed by atoms with Crippen LogP contribution in [0.25, 0.3) is 0 Å². The summed E-state index contributed by atoms with van der Waals surface area (Å²) < 4.78 is 16.7. The summed E-state index contributed by atoms with van der Waals surface area (Å²) in [4.78, 5) is 31.0. The molecule has 0 spiro atoms. The van der Waals surface area contributed by atoms with Gasteiger partial charge < -0.3 is 14.2 Å². The Bertz CT molecular complexity index is 1070. The summed E-state index contributed by atoms with van der Waals surface area (Å²) in [5.41, 5.74) is 3.91. The van der Waals surface area contributed by atoms with Gasteiger partial charge in [-0.2, -0.15) is 0 Å². The van der Waals surface area contributed by atoms with E-state index in [0.29, 0.717) is 36.7 Å². The van der Waals surface area contributed by atoms with Crippen molar-refractivity contribution in [2.75, 3.05) is 20.3 Å². The Kier molecular flexibility index (Phi) is 7.35. The lowest BCUT2D eigenvalue weighted by Crippen LogP contribution is -2.37. The Balaban J connectivity index is 1.73. The van der Waals surface area contributed by atoms with Crippen molar-refractivity contribution >= 4 is 17.5 Å². The van der Waals surface area contributed by atoms with Crippen LogP contribution in [-0.2, 0) is 25.7 Å². The fourth-order valence-corrected chi connectivity index (χ4v) is 4.57. The van der Waals surface area contributed by atoms with Gasteiger partial charge in [-0.25, -0.2) is 0 Å². The molecule has 4 rings (SSSR count). The summed E-state index contributed by atoms with van der Waals surface area (Å²) in [5.74, 6) is -0.886. The maximum atomic E-state index is 13.2. The van der Waals surface area contributed by atoms with Crippen molar-refractivity contribution in [3.05, 3.63) is 77.0 Å². The number of ether oxygens (including phenoxy) is 3. The first-order valence-corrected chi connectivity index (χ1v) is 11.3. The number of nitrogens with zero attached hydrogens (tertiary/aromatic N) is 1. The molecule has 2 atom stereocenters. The molecule has 172 valence electrons. The van der Waals surface area contributed by atoms with E-state index in [9.17, 15) is 9.59 Å². The maximum absolute atomic E-state index is 13.2. The number of rotatable bonds is 8. The van der Waals surface area contributed by atoms with Gasteiger partial charge in [0.1, 0.15) is 24.9 Å². The molecule has 6 nitrogen and oxygen atoms in total. The van der Waals surface area contributed by atoms with Gasteiger partial charge in [0, 0.05) is 42.0 Å². The molecule has 1 heterocycles. The van der Waals surface area contributed by atoms with Gasteiger partial charge in [0.15, 0.2) is 5.78 Å². The van der Waals surface area contributed by atoms with Gasteiger partial charge in [-0.1, -0.05) is 48.5 Å². The monoisotopic (exact) mass is 447 g/mol. The topological polar surface area (TPSA) is 74.2 Å². The fourth-order valence-electron chi connectivity index (χ4n) is 4.57. The number of allylic oxidation sites excluding steroid dienone is 2.